The lowest BCUT2D eigenvalue weighted by atomic mass is 10.1. The van der Waals surface area contributed by atoms with E-state index in [0.717, 1.165) is 11.1 Å². The molecule has 1 aromatic heterocycles. The minimum Gasteiger partial charge on any atom is -0.444 e. The summed E-state index contributed by atoms with van der Waals surface area (Å²) in [6.07, 6.45) is 1.15. The van der Waals surface area contributed by atoms with Gasteiger partial charge in [0, 0.05) is 24.1 Å². The number of aryl methyl sites for hydroxylation is 1. The molecule has 7 N–H and O–H groups in total. The average Bonchev–Trinajstić information content (AvgIpc) is 2.83. The molecule has 1 atom stereocenters. The van der Waals surface area contributed by atoms with E-state index in [2.05, 4.69) is 29.1 Å². The number of nitrogens with one attached hydrogen (secondary N) is 3. The maximum atomic E-state index is 12.1. The molecular weight excluding hydrogens is 530 g/mol. The highest BCUT2D eigenvalue weighted by Gasteiger charge is 2.20. The van der Waals surface area contributed by atoms with Gasteiger partial charge in [-0.05, 0) is 64.4 Å². The van der Waals surface area contributed by atoms with Crippen molar-refractivity contribution >= 4 is 29.7 Å². The van der Waals surface area contributed by atoms with Crippen LogP contribution in [-0.4, -0.2) is 49.7 Å². The van der Waals surface area contributed by atoms with Crippen molar-refractivity contribution in [1.29, 1.82) is 10.8 Å². The maximum Gasteiger partial charge on any atom is 0.408 e. The highest BCUT2D eigenvalue weighted by atomic mass is 32.2. The summed E-state index contributed by atoms with van der Waals surface area (Å²) in [6, 6.07) is 14.8. The Kier molecular flexibility index (Phi) is 12.4. The largest absolute Gasteiger partial charge is 0.444 e. The van der Waals surface area contributed by atoms with Gasteiger partial charge in [0.05, 0.1) is 23.6 Å². The third kappa shape index (κ3) is 9.74. The number of benzene rings is 2. The first-order valence-corrected chi connectivity index (χ1v) is 13.3. The average molecular weight is 574 g/mol. The molecule has 1 unspecified atom stereocenters. The van der Waals surface area contributed by atoms with Crippen molar-refractivity contribution in [1.82, 2.24) is 15.3 Å². The Hall–Kier alpha value is -3.80. The molecule has 0 fully saturated rings. The zero-order valence-corrected chi connectivity index (χ0v) is 24.7. The Bertz CT molecular complexity index is 1330. The molecular formula is C29H43N5O5S. The fourth-order valence-corrected chi connectivity index (χ4v) is 4.34. The molecule has 0 aliphatic heterocycles. The lowest BCUT2D eigenvalue weighted by Gasteiger charge is -2.22. The molecule has 1 amide bonds. The summed E-state index contributed by atoms with van der Waals surface area (Å²) < 4.78 is 10.9. The lowest BCUT2D eigenvalue weighted by Crippen LogP contribution is -2.34. The summed E-state index contributed by atoms with van der Waals surface area (Å²) in [5.74, 6) is -0.470. The van der Waals surface area contributed by atoms with Crippen LogP contribution >= 0.6 is 11.8 Å². The molecule has 3 aromatic rings. The molecule has 10 nitrogen and oxygen atoms in total. The van der Waals surface area contributed by atoms with Crippen LogP contribution in [0.15, 0.2) is 59.6 Å². The normalized spacial score (nSPS) is 11.5. The summed E-state index contributed by atoms with van der Waals surface area (Å²) in [7, 11) is 0. The number of amides is 1. The highest BCUT2D eigenvalue weighted by Crippen LogP contribution is 2.26. The number of hydrogen-bond donors (Lipinski definition) is 3. The van der Waals surface area contributed by atoms with E-state index in [0.29, 0.717) is 22.2 Å². The van der Waals surface area contributed by atoms with Crippen LogP contribution in [-0.2, 0) is 9.47 Å². The minimum atomic E-state index is -0.601. The molecule has 0 aliphatic rings. The fourth-order valence-electron chi connectivity index (χ4n) is 3.51. The van der Waals surface area contributed by atoms with Crippen molar-refractivity contribution < 1.29 is 28.1 Å². The fraction of sp³-hybridized carbons (Fsp3) is 0.345. The van der Waals surface area contributed by atoms with E-state index in [4.69, 9.17) is 20.3 Å². The van der Waals surface area contributed by atoms with Gasteiger partial charge in [0.2, 0.25) is 11.8 Å². The first-order valence-electron chi connectivity index (χ1n) is 12.4. The first-order chi connectivity index (χ1) is 17.8. The molecule has 0 radical (unpaired) electrons. The molecule has 0 saturated carbocycles. The van der Waals surface area contributed by atoms with E-state index in [1.807, 2.05) is 37.3 Å². The molecule has 11 heteroatoms. The van der Waals surface area contributed by atoms with Gasteiger partial charge in [-0.15, -0.1) is 11.8 Å². The Morgan fingerprint density at radius 1 is 1.02 bits per heavy atom. The maximum absolute atomic E-state index is 12.1. The van der Waals surface area contributed by atoms with Gasteiger partial charge in [-0.3, -0.25) is 15.8 Å². The Balaban J connectivity index is 0. The number of ether oxygens (including phenoxy) is 2. The van der Waals surface area contributed by atoms with Gasteiger partial charge in [0.1, 0.15) is 11.3 Å². The number of nitrogens with zero attached hydrogens (tertiary/aromatic N) is 2. The smallest absolute Gasteiger partial charge is 0.408 e. The summed E-state index contributed by atoms with van der Waals surface area (Å²) >= 11 is 1.78. The number of carbonyl (C=O) groups is 1. The molecule has 0 spiro atoms. The summed E-state index contributed by atoms with van der Waals surface area (Å²) in [6.45, 7) is 13.3. The van der Waals surface area contributed by atoms with Gasteiger partial charge in [0.15, 0.2) is 0 Å². The first kappa shape index (κ1) is 34.2. The number of rotatable bonds is 7. The van der Waals surface area contributed by atoms with Crippen molar-refractivity contribution in [3.05, 3.63) is 77.2 Å². The summed E-state index contributed by atoms with van der Waals surface area (Å²) in [4.78, 5) is 22.3. The second kappa shape index (κ2) is 14.5. The predicted molar refractivity (Wildman–Crippen MR) is 164 cm³/mol. The van der Waals surface area contributed by atoms with Gasteiger partial charge < -0.3 is 25.7 Å². The van der Waals surface area contributed by atoms with Gasteiger partial charge in [-0.1, -0.05) is 38.1 Å². The van der Waals surface area contributed by atoms with Crippen LogP contribution in [0.4, 0.5) is 4.79 Å². The van der Waals surface area contributed by atoms with Crippen LogP contribution in [0.2, 0.25) is 0 Å². The van der Waals surface area contributed by atoms with E-state index in [1.165, 1.54) is 4.90 Å². The second-order valence-corrected chi connectivity index (χ2v) is 11.8. The van der Waals surface area contributed by atoms with Gasteiger partial charge >= 0.3 is 6.09 Å². The number of aromatic nitrogens is 2. The van der Waals surface area contributed by atoms with E-state index in [1.54, 1.807) is 63.9 Å². The van der Waals surface area contributed by atoms with Crippen LogP contribution in [0.25, 0.3) is 11.3 Å². The lowest BCUT2D eigenvalue weighted by molar-refractivity contribution is 0.0508. The minimum absolute atomic E-state index is 0. The Morgan fingerprint density at radius 3 is 2.27 bits per heavy atom. The number of thioether (sulfide) groups is 1. The SMILES string of the molecule is Cc1ncc(-c2ccc(SC(C)C)cc2)nc1C(=N)OC(=N)c1cccc(C(C)NC(=O)OC(C)(C)C)c1.O.O.[HH].[HH]. The Labute approximate surface area is 242 Å². The standard InChI is InChI=1S/C29H35N5O3S.2H2O.2H2/c1-17(2)38-23-13-11-20(12-14-23)24-16-32-19(4)25(34-24)27(31)36-26(30)22-10-8-9-21(15-22)18(3)33-28(35)37-29(5,6)7;;;;/h8-18,30-31H,1-7H3,(H,33,35);2*1H2;2*1H. The van der Waals surface area contributed by atoms with Crippen LogP contribution < -0.4 is 5.32 Å². The van der Waals surface area contributed by atoms with Crippen LogP contribution in [0.1, 0.15) is 73.0 Å². The molecule has 0 aliphatic carbocycles. The molecule has 40 heavy (non-hydrogen) atoms. The summed E-state index contributed by atoms with van der Waals surface area (Å²) in [5, 5.41) is 20.2. The quantitative estimate of drug-likeness (QED) is 0.183. The predicted octanol–water partition coefficient (Wildman–Crippen LogP) is 5.75. The van der Waals surface area contributed by atoms with Gasteiger partial charge in [0.25, 0.3) is 0 Å². The molecule has 1 heterocycles. The van der Waals surface area contributed by atoms with Crippen molar-refractivity contribution in [2.75, 3.05) is 0 Å². The Morgan fingerprint density at radius 2 is 1.68 bits per heavy atom. The van der Waals surface area contributed by atoms with E-state index < -0.39 is 11.7 Å². The molecule has 2 aromatic carbocycles. The zero-order chi connectivity index (χ0) is 28.0. The van der Waals surface area contributed by atoms with E-state index in [9.17, 15) is 4.79 Å². The van der Waals surface area contributed by atoms with Crippen LogP contribution in [0.5, 0.6) is 0 Å². The van der Waals surface area contributed by atoms with Gasteiger partial charge in [-0.2, -0.15) is 0 Å². The van der Waals surface area contributed by atoms with E-state index in [-0.39, 0.29) is 37.3 Å². The second-order valence-electron chi connectivity index (χ2n) is 10.1. The molecule has 3 rings (SSSR count). The van der Waals surface area contributed by atoms with Crippen molar-refractivity contribution in [2.24, 2.45) is 0 Å². The highest BCUT2D eigenvalue weighted by molar-refractivity contribution is 7.99. The molecule has 0 bridgehead atoms. The monoisotopic (exact) mass is 573 g/mol. The number of carbonyl (C=O) groups excluding carboxylic acids is 1. The third-order valence-corrected chi connectivity index (χ3v) is 6.29. The third-order valence-electron chi connectivity index (χ3n) is 5.28. The van der Waals surface area contributed by atoms with Crippen molar-refractivity contribution in [2.45, 2.75) is 70.3 Å². The zero-order valence-electron chi connectivity index (χ0n) is 23.9. The number of alkyl carbamates (subject to hydrolysis) is 1. The molecule has 220 valence electrons. The summed E-state index contributed by atoms with van der Waals surface area (Å²) in [5.41, 5.74) is 2.93. The van der Waals surface area contributed by atoms with Crippen molar-refractivity contribution in [3.63, 3.8) is 0 Å². The van der Waals surface area contributed by atoms with Crippen LogP contribution in [0.3, 0.4) is 0 Å². The number of hydrogen-bond acceptors (Lipinski definition) is 8. The topological polar surface area (TPSA) is 184 Å². The van der Waals surface area contributed by atoms with Gasteiger partial charge in [-0.25, -0.2) is 9.78 Å². The van der Waals surface area contributed by atoms with Crippen molar-refractivity contribution in [3.8, 4) is 11.3 Å². The molecule has 0 saturated heterocycles. The van der Waals surface area contributed by atoms with E-state index >= 15 is 0 Å². The van der Waals surface area contributed by atoms with Crippen LogP contribution in [0, 0.1) is 17.7 Å².